The highest BCUT2D eigenvalue weighted by Crippen LogP contribution is 2.29. The molecule has 0 aliphatic heterocycles. The zero-order chi connectivity index (χ0) is 18.1. The molecule has 0 spiro atoms. The Morgan fingerprint density at radius 3 is 3.00 bits per heavy atom. The number of nitrogens with one attached hydrogen (secondary N) is 2. The van der Waals surface area contributed by atoms with Gasteiger partial charge in [-0.3, -0.25) is 4.79 Å². The molecule has 2 heterocycles. The Kier molecular flexibility index (Phi) is 5.02. The first kappa shape index (κ1) is 17.6. The summed E-state index contributed by atoms with van der Waals surface area (Å²) in [5.41, 5.74) is 4.28. The first-order chi connectivity index (χ1) is 12.6. The van der Waals surface area contributed by atoms with Crippen LogP contribution in [-0.2, 0) is 11.3 Å². The number of halogens is 1. The highest BCUT2D eigenvalue weighted by molar-refractivity contribution is 9.10. The van der Waals surface area contributed by atoms with Gasteiger partial charge in [0.25, 0.3) is 0 Å². The predicted molar refractivity (Wildman–Crippen MR) is 113 cm³/mol. The summed E-state index contributed by atoms with van der Waals surface area (Å²) < 4.78 is 3.13. The molecule has 4 rings (SSSR count). The Morgan fingerprint density at radius 2 is 2.15 bits per heavy atom. The van der Waals surface area contributed by atoms with E-state index < -0.39 is 0 Å². The Bertz CT molecular complexity index is 1070. The third-order valence-electron chi connectivity index (χ3n) is 4.02. The molecule has 1 amide bonds. The van der Waals surface area contributed by atoms with Crippen molar-refractivity contribution in [3.8, 4) is 0 Å². The van der Waals surface area contributed by atoms with E-state index in [0.29, 0.717) is 12.3 Å². The zero-order valence-corrected chi connectivity index (χ0v) is 17.2. The number of rotatable bonds is 5. The van der Waals surface area contributed by atoms with Gasteiger partial charge in [0.15, 0.2) is 4.34 Å². The van der Waals surface area contributed by atoms with E-state index in [1.165, 1.54) is 17.3 Å². The van der Waals surface area contributed by atoms with Gasteiger partial charge in [-0.25, -0.2) is 4.98 Å². The van der Waals surface area contributed by atoms with Crippen LogP contribution < -0.4 is 5.32 Å². The number of carbonyl (C=O) groups excluding carboxylic acids is 1. The van der Waals surface area contributed by atoms with Crippen LogP contribution in [0.5, 0.6) is 0 Å². The van der Waals surface area contributed by atoms with E-state index in [1.54, 1.807) is 11.3 Å². The second kappa shape index (κ2) is 7.42. The number of benzene rings is 2. The van der Waals surface area contributed by atoms with E-state index in [2.05, 4.69) is 56.3 Å². The van der Waals surface area contributed by atoms with Crippen LogP contribution in [0.15, 0.2) is 51.3 Å². The van der Waals surface area contributed by atoms with Crippen LogP contribution in [0.25, 0.3) is 21.1 Å². The fourth-order valence-electron chi connectivity index (χ4n) is 2.82. The lowest BCUT2D eigenvalue weighted by molar-refractivity contribution is -0.118. The Labute approximate surface area is 167 Å². The van der Waals surface area contributed by atoms with Crippen LogP contribution in [0.2, 0.25) is 0 Å². The first-order valence-corrected chi connectivity index (χ1v) is 10.7. The maximum Gasteiger partial charge on any atom is 0.230 e. The van der Waals surface area contributed by atoms with Gasteiger partial charge in [-0.15, -0.1) is 11.3 Å². The van der Waals surface area contributed by atoms with Crippen molar-refractivity contribution in [2.45, 2.75) is 17.8 Å². The standard InChI is InChI=1S/C19H16BrN3OS2/c1-11-6-13(20)7-12-8-14(22-18(11)12)9-21-17(24)10-25-19-23-15-4-2-3-5-16(15)26-19/h2-8,22H,9-10H2,1H3,(H,21,24). The second-order valence-corrected chi connectivity index (χ2v) is 9.16. The van der Waals surface area contributed by atoms with Crippen LogP contribution in [0.3, 0.4) is 0 Å². The molecule has 4 aromatic rings. The molecule has 0 saturated carbocycles. The maximum atomic E-state index is 12.2. The lowest BCUT2D eigenvalue weighted by Gasteiger charge is -2.02. The minimum Gasteiger partial charge on any atom is -0.357 e. The van der Waals surface area contributed by atoms with Crippen LogP contribution >= 0.6 is 39.0 Å². The zero-order valence-electron chi connectivity index (χ0n) is 14.0. The summed E-state index contributed by atoms with van der Waals surface area (Å²) in [5, 5.41) is 4.12. The lowest BCUT2D eigenvalue weighted by Crippen LogP contribution is -2.24. The number of aromatic amines is 1. The van der Waals surface area contributed by atoms with E-state index in [-0.39, 0.29) is 5.91 Å². The first-order valence-electron chi connectivity index (χ1n) is 8.11. The van der Waals surface area contributed by atoms with E-state index in [4.69, 9.17) is 0 Å². The summed E-state index contributed by atoms with van der Waals surface area (Å²) in [6.07, 6.45) is 0. The van der Waals surface area contributed by atoms with E-state index in [0.717, 1.165) is 35.6 Å². The smallest absolute Gasteiger partial charge is 0.230 e. The summed E-state index contributed by atoms with van der Waals surface area (Å²) in [6.45, 7) is 2.56. The van der Waals surface area contributed by atoms with Gasteiger partial charge < -0.3 is 10.3 Å². The fourth-order valence-corrected chi connectivity index (χ4v) is 5.31. The van der Waals surface area contributed by atoms with Crippen molar-refractivity contribution in [2.75, 3.05) is 5.75 Å². The molecule has 0 fully saturated rings. The number of aromatic nitrogens is 2. The summed E-state index contributed by atoms with van der Waals surface area (Å²) in [7, 11) is 0. The summed E-state index contributed by atoms with van der Waals surface area (Å²) in [4.78, 5) is 20.1. The van der Waals surface area contributed by atoms with Gasteiger partial charge in [-0.2, -0.15) is 0 Å². The number of thiazole rings is 1. The molecule has 0 bridgehead atoms. The summed E-state index contributed by atoms with van der Waals surface area (Å²) in [5.74, 6) is 0.371. The van der Waals surface area contributed by atoms with Crippen LogP contribution in [0.1, 0.15) is 11.3 Å². The summed E-state index contributed by atoms with van der Waals surface area (Å²) in [6, 6.07) is 14.3. The number of thioether (sulfide) groups is 1. The minimum absolute atomic E-state index is 0.00538. The topological polar surface area (TPSA) is 57.8 Å². The Balaban J connectivity index is 1.35. The van der Waals surface area contributed by atoms with Crippen molar-refractivity contribution in [3.63, 3.8) is 0 Å². The number of nitrogens with zero attached hydrogens (tertiary/aromatic N) is 1. The molecule has 26 heavy (non-hydrogen) atoms. The van der Waals surface area contributed by atoms with Crippen molar-refractivity contribution < 1.29 is 4.79 Å². The quantitative estimate of drug-likeness (QED) is 0.412. The maximum absolute atomic E-state index is 12.2. The van der Waals surface area contributed by atoms with Gasteiger partial charge in [0, 0.05) is 21.1 Å². The van der Waals surface area contributed by atoms with Crippen LogP contribution in [0.4, 0.5) is 0 Å². The number of amides is 1. The lowest BCUT2D eigenvalue weighted by atomic mass is 10.2. The van der Waals surface area contributed by atoms with Gasteiger partial charge in [0.2, 0.25) is 5.91 Å². The minimum atomic E-state index is 0.00538. The SMILES string of the molecule is Cc1cc(Br)cc2cc(CNC(=O)CSc3nc4ccccc4s3)[nH]c12. The molecule has 0 radical (unpaired) electrons. The van der Waals surface area contributed by atoms with Gasteiger partial charge in [0.05, 0.1) is 22.5 Å². The molecule has 2 aromatic heterocycles. The largest absolute Gasteiger partial charge is 0.357 e. The highest BCUT2D eigenvalue weighted by atomic mass is 79.9. The van der Waals surface area contributed by atoms with Crippen molar-refractivity contribution in [3.05, 3.63) is 58.2 Å². The third-order valence-corrected chi connectivity index (χ3v) is 6.66. The van der Waals surface area contributed by atoms with Gasteiger partial charge in [0.1, 0.15) is 0 Å². The summed E-state index contributed by atoms with van der Waals surface area (Å²) >= 11 is 6.62. The molecule has 2 N–H and O–H groups in total. The molecular weight excluding hydrogens is 430 g/mol. The molecule has 0 aliphatic rings. The number of hydrogen-bond donors (Lipinski definition) is 2. The van der Waals surface area contributed by atoms with Crippen LogP contribution in [-0.4, -0.2) is 21.6 Å². The molecule has 0 atom stereocenters. The monoisotopic (exact) mass is 445 g/mol. The number of aryl methyl sites for hydroxylation is 1. The molecule has 4 nitrogen and oxygen atoms in total. The number of carbonyl (C=O) groups is 1. The number of hydrogen-bond acceptors (Lipinski definition) is 4. The van der Waals surface area contributed by atoms with Gasteiger partial charge >= 0.3 is 0 Å². The second-order valence-electron chi connectivity index (χ2n) is 5.99. The molecule has 7 heteroatoms. The highest BCUT2D eigenvalue weighted by Gasteiger charge is 2.09. The molecule has 2 aromatic carbocycles. The molecular formula is C19H16BrN3OS2. The average molecular weight is 446 g/mol. The molecule has 132 valence electrons. The third kappa shape index (κ3) is 3.79. The molecule has 0 aliphatic carbocycles. The van der Waals surface area contributed by atoms with Gasteiger partial charge in [-0.05, 0) is 42.8 Å². The Hall–Kier alpha value is -1.83. The predicted octanol–water partition coefficient (Wildman–Crippen LogP) is 5.26. The van der Waals surface area contributed by atoms with E-state index in [1.807, 2.05) is 24.3 Å². The van der Waals surface area contributed by atoms with Crippen molar-refractivity contribution in [1.29, 1.82) is 0 Å². The number of para-hydroxylation sites is 1. The van der Waals surface area contributed by atoms with Crippen molar-refractivity contribution in [1.82, 2.24) is 15.3 Å². The van der Waals surface area contributed by atoms with Crippen molar-refractivity contribution in [2.24, 2.45) is 0 Å². The molecule has 0 unspecified atom stereocenters. The van der Waals surface area contributed by atoms with Crippen molar-refractivity contribution >= 4 is 66.1 Å². The van der Waals surface area contributed by atoms with Gasteiger partial charge in [-0.1, -0.05) is 39.8 Å². The van der Waals surface area contributed by atoms with Crippen LogP contribution in [0, 0.1) is 6.92 Å². The Morgan fingerprint density at radius 1 is 1.31 bits per heavy atom. The average Bonchev–Trinajstić information content (AvgIpc) is 3.21. The number of H-pyrrole nitrogens is 1. The van der Waals surface area contributed by atoms with E-state index in [9.17, 15) is 4.79 Å². The molecule has 0 saturated heterocycles. The normalized spacial score (nSPS) is 11.3. The number of fused-ring (bicyclic) bond motifs is 2. The fraction of sp³-hybridized carbons (Fsp3) is 0.158. The van der Waals surface area contributed by atoms with E-state index >= 15 is 0 Å².